The second-order valence-electron chi connectivity index (χ2n) is 8.29. The van der Waals surface area contributed by atoms with Crippen LogP contribution in [0.1, 0.15) is 30.8 Å². The van der Waals surface area contributed by atoms with Gasteiger partial charge in [0.1, 0.15) is 0 Å². The number of amides is 1. The highest BCUT2D eigenvalue weighted by molar-refractivity contribution is 7.92. The predicted molar refractivity (Wildman–Crippen MR) is 117 cm³/mol. The van der Waals surface area contributed by atoms with Crippen LogP contribution in [0.2, 0.25) is 0 Å². The third kappa shape index (κ3) is 5.29. The van der Waals surface area contributed by atoms with Crippen LogP contribution in [0.25, 0.3) is 0 Å². The lowest BCUT2D eigenvalue weighted by molar-refractivity contribution is -0.132. The SMILES string of the molecule is Cc1cc(C)n(CCN2CCN(C(=O)Cc3ccc(S(=O)(=O)C(C)C)cc3)CC2)n1. The molecular weight excluding hydrogens is 400 g/mol. The van der Waals surface area contributed by atoms with Crippen molar-refractivity contribution in [2.75, 3.05) is 32.7 Å². The van der Waals surface area contributed by atoms with Gasteiger partial charge in [0, 0.05) is 38.4 Å². The van der Waals surface area contributed by atoms with Crippen molar-refractivity contribution in [1.82, 2.24) is 19.6 Å². The molecule has 0 unspecified atom stereocenters. The standard InChI is InChI=1S/C22H32N4O3S/c1-17(2)30(28,29)21-7-5-20(6-8-21)16-22(27)25-12-9-24(10-13-25)11-14-26-19(4)15-18(3)23-26/h5-8,15,17H,9-14,16H2,1-4H3. The highest BCUT2D eigenvalue weighted by Crippen LogP contribution is 2.17. The molecule has 3 rings (SSSR count). The fraction of sp³-hybridized carbons (Fsp3) is 0.545. The van der Waals surface area contributed by atoms with Crippen LogP contribution < -0.4 is 0 Å². The molecule has 2 heterocycles. The normalized spacial score (nSPS) is 15.7. The van der Waals surface area contributed by atoms with E-state index in [1.807, 2.05) is 16.5 Å². The molecule has 7 nitrogen and oxygen atoms in total. The Balaban J connectivity index is 1.48. The van der Waals surface area contributed by atoms with Crippen LogP contribution in [0, 0.1) is 13.8 Å². The number of benzene rings is 1. The molecule has 0 spiro atoms. The van der Waals surface area contributed by atoms with E-state index in [1.54, 1.807) is 38.1 Å². The van der Waals surface area contributed by atoms with Gasteiger partial charge in [-0.25, -0.2) is 8.42 Å². The maximum absolute atomic E-state index is 12.7. The van der Waals surface area contributed by atoms with Gasteiger partial charge in [-0.05, 0) is 51.5 Å². The Labute approximate surface area is 179 Å². The molecule has 0 saturated carbocycles. The number of carbonyl (C=O) groups excluding carboxylic acids is 1. The number of hydrogen-bond acceptors (Lipinski definition) is 5. The third-order valence-corrected chi connectivity index (χ3v) is 7.85. The first-order chi connectivity index (χ1) is 14.2. The summed E-state index contributed by atoms with van der Waals surface area (Å²) in [6, 6.07) is 8.79. The quantitative estimate of drug-likeness (QED) is 0.670. The summed E-state index contributed by atoms with van der Waals surface area (Å²) in [6.07, 6.45) is 0.299. The number of hydrogen-bond donors (Lipinski definition) is 0. The molecule has 1 saturated heterocycles. The molecule has 0 bridgehead atoms. The summed E-state index contributed by atoms with van der Waals surface area (Å²) in [7, 11) is -3.28. The van der Waals surface area contributed by atoms with Crippen LogP contribution in [-0.4, -0.2) is 71.9 Å². The molecule has 0 radical (unpaired) electrons. The van der Waals surface area contributed by atoms with Crippen molar-refractivity contribution in [3.05, 3.63) is 47.3 Å². The van der Waals surface area contributed by atoms with Crippen LogP contribution >= 0.6 is 0 Å². The van der Waals surface area contributed by atoms with Crippen molar-refractivity contribution in [3.8, 4) is 0 Å². The molecule has 0 N–H and O–H groups in total. The first-order valence-electron chi connectivity index (χ1n) is 10.5. The molecule has 8 heteroatoms. The lowest BCUT2D eigenvalue weighted by atomic mass is 10.1. The first kappa shape index (κ1) is 22.5. The van der Waals surface area contributed by atoms with Crippen molar-refractivity contribution in [2.45, 2.75) is 50.8 Å². The van der Waals surface area contributed by atoms with Gasteiger partial charge < -0.3 is 4.90 Å². The predicted octanol–water partition coefficient (Wildman–Crippen LogP) is 2.07. The number of nitrogens with zero attached hydrogens (tertiary/aromatic N) is 4. The summed E-state index contributed by atoms with van der Waals surface area (Å²) >= 11 is 0. The van der Waals surface area contributed by atoms with Crippen molar-refractivity contribution in [2.24, 2.45) is 0 Å². The smallest absolute Gasteiger partial charge is 0.227 e. The van der Waals surface area contributed by atoms with E-state index in [1.165, 1.54) is 5.69 Å². The van der Waals surface area contributed by atoms with Crippen LogP contribution in [0.3, 0.4) is 0 Å². The van der Waals surface area contributed by atoms with E-state index in [0.29, 0.717) is 11.3 Å². The fourth-order valence-electron chi connectivity index (χ4n) is 3.71. The highest BCUT2D eigenvalue weighted by Gasteiger charge is 2.22. The molecule has 1 aromatic carbocycles. The number of aryl methyl sites for hydroxylation is 2. The molecule has 1 fully saturated rings. The van der Waals surface area contributed by atoms with Gasteiger partial charge in [0.2, 0.25) is 5.91 Å². The van der Waals surface area contributed by atoms with E-state index >= 15 is 0 Å². The van der Waals surface area contributed by atoms with Crippen molar-refractivity contribution >= 4 is 15.7 Å². The van der Waals surface area contributed by atoms with E-state index in [4.69, 9.17) is 0 Å². The number of piperazine rings is 1. The summed E-state index contributed by atoms with van der Waals surface area (Å²) in [5, 5.41) is 4.05. The Morgan fingerprint density at radius 3 is 2.20 bits per heavy atom. The van der Waals surface area contributed by atoms with Gasteiger partial charge in [0.25, 0.3) is 0 Å². The Kier molecular flexibility index (Phi) is 6.98. The van der Waals surface area contributed by atoms with Gasteiger partial charge in [0.15, 0.2) is 9.84 Å². The average molecular weight is 433 g/mol. The third-order valence-electron chi connectivity index (χ3n) is 5.68. The Morgan fingerprint density at radius 2 is 1.67 bits per heavy atom. The minimum absolute atomic E-state index is 0.0904. The topological polar surface area (TPSA) is 75.5 Å². The van der Waals surface area contributed by atoms with Gasteiger partial charge in [-0.15, -0.1) is 0 Å². The minimum Gasteiger partial charge on any atom is -0.340 e. The van der Waals surface area contributed by atoms with Gasteiger partial charge in [-0.2, -0.15) is 5.10 Å². The van der Waals surface area contributed by atoms with E-state index in [9.17, 15) is 13.2 Å². The molecule has 1 aromatic heterocycles. The number of carbonyl (C=O) groups is 1. The lowest BCUT2D eigenvalue weighted by Gasteiger charge is -2.34. The van der Waals surface area contributed by atoms with Gasteiger partial charge in [-0.3, -0.25) is 14.4 Å². The maximum Gasteiger partial charge on any atom is 0.227 e. The fourth-order valence-corrected chi connectivity index (χ4v) is 4.77. The van der Waals surface area contributed by atoms with E-state index in [0.717, 1.165) is 50.5 Å². The molecule has 0 aliphatic carbocycles. The van der Waals surface area contributed by atoms with E-state index in [2.05, 4.69) is 23.0 Å². The largest absolute Gasteiger partial charge is 0.340 e. The van der Waals surface area contributed by atoms with Crippen LogP contribution in [0.4, 0.5) is 0 Å². The summed E-state index contributed by atoms with van der Waals surface area (Å²) in [6.45, 7) is 12.4. The number of aromatic nitrogens is 2. The van der Waals surface area contributed by atoms with Crippen molar-refractivity contribution < 1.29 is 13.2 Å². The van der Waals surface area contributed by atoms with Gasteiger partial charge >= 0.3 is 0 Å². The Hall–Kier alpha value is -2.19. The zero-order chi connectivity index (χ0) is 21.9. The number of rotatable bonds is 7. The second-order valence-corrected chi connectivity index (χ2v) is 10.8. The van der Waals surface area contributed by atoms with Crippen molar-refractivity contribution in [3.63, 3.8) is 0 Å². The van der Waals surface area contributed by atoms with E-state index in [-0.39, 0.29) is 5.91 Å². The molecule has 1 aliphatic heterocycles. The summed E-state index contributed by atoms with van der Waals surface area (Å²) in [5.41, 5.74) is 3.06. The lowest BCUT2D eigenvalue weighted by Crippen LogP contribution is -2.49. The monoisotopic (exact) mass is 432 g/mol. The molecule has 164 valence electrons. The molecule has 2 aromatic rings. The maximum atomic E-state index is 12.7. The van der Waals surface area contributed by atoms with Crippen molar-refractivity contribution in [1.29, 1.82) is 0 Å². The molecule has 1 amide bonds. The summed E-state index contributed by atoms with van der Waals surface area (Å²) < 4.78 is 26.5. The zero-order valence-electron chi connectivity index (χ0n) is 18.3. The Bertz CT molecular complexity index is 972. The number of sulfone groups is 1. The average Bonchev–Trinajstić information content (AvgIpc) is 3.04. The van der Waals surface area contributed by atoms with Gasteiger partial charge in [0.05, 0.1) is 28.8 Å². The molecule has 30 heavy (non-hydrogen) atoms. The first-order valence-corrected chi connectivity index (χ1v) is 12.1. The minimum atomic E-state index is -3.28. The zero-order valence-corrected chi connectivity index (χ0v) is 19.2. The molecule has 1 aliphatic rings. The highest BCUT2D eigenvalue weighted by atomic mass is 32.2. The van der Waals surface area contributed by atoms with E-state index < -0.39 is 15.1 Å². The molecule has 0 atom stereocenters. The van der Waals surface area contributed by atoms with Crippen LogP contribution in [0.5, 0.6) is 0 Å². The van der Waals surface area contributed by atoms with Crippen LogP contribution in [0.15, 0.2) is 35.2 Å². The summed E-state index contributed by atoms with van der Waals surface area (Å²) in [5.74, 6) is 0.0904. The Morgan fingerprint density at radius 1 is 1.03 bits per heavy atom. The summed E-state index contributed by atoms with van der Waals surface area (Å²) in [4.78, 5) is 17.2. The van der Waals surface area contributed by atoms with Gasteiger partial charge in [-0.1, -0.05) is 12.1 Å². The second kappa shape index (κ2) is 9.31. The van der Waals surface area contributed by atoms with Crippen LogP contribution in [-0.2, 0) is 27.6 Å². The molecular formula is C22H32N4O3S.